The molecule has 0 aromatic rings. The van der Waals surface area contributed by atoms with Crippen LogP contribution in [0, 0.1) is 28.6 Å². The number of carbonyl (C=O) groups excluding carboxylic acids is 2. The maximum absolute atomic E-state index is 11.4. The third kappa shape index (κ3) is 3.59. The van der Waals surface area contributed by atoms with Gasteiger partial charge in [0.2, 0.25) is 0 Å². The molecule has 1 aliphatic heterocycles. The second-order valence-electron chi connectivity index (χ2n) is 12.3. The van der Waals surface area contributed by atoms with E-state index >= 15 is 0 Å². The Morgan fingerprint density at radius 1 is 1.03 bits per heavy atom. The Hall–Kier alpha value is -2.46. The van der Waals surface area contributed by atoms with Gasteiger partial charge in [-0.2, -0.15) is 10.2 Å². The number of hydrogen-bond donors (Lipinski definition) is 4. The van der Waals surface area contributed by atoms with Crippen molar-refractivity contribution in [2.45, 2.75) is 97.1 Å². The van der Waals surface area contributed by atoms with Crippen LogP contribution in [0.3, 0.4) is 0 Å². The van der Waals surface area contributed by atoms with Gasteiger partial charge in [-0.15, -0.1) is 0 Å². The van der Waals surface area contributed by atoms with Crippen molar-refractivity contribution < 1.29 is 19.1 Å². The molecule has 4 amide bonds. The van der Waals surface area contributed by atoms with E-state index in [-0.39, 0.29) is 16.9 Å². The number of fused-ring (bicyclic) bond motifs is 7. The number of urea groups is 2. The van der Waals surface area contributed by atoms with Gasteiger partial charge in [0.25, 0.3) is 0 Å². The number of nitrogens with zero attached hydrogens (tertiary/aromatic N) is 2. The van der Waals surface area contributed by atoms with E-state index in [2.05, 4.69) is 41.0 Å². The van der Waals surface area contributed by atoms with Gasteiger partial charge in [0, 0.05) is 5.41 Å². The van der Waals surface area contributed by atoms with Crippen LogP contribution >= 0.6 is 0 Å². The van der Waals surface area contributed by atoms with Crippen LogP contribution in [-0.2, 0) is 9.47 Å². The van der Waals surface area contributed by atoms with Crippen molar-refractivity contribution in [2.24, 2.45) is 50.3 Å². The average molecular weight is 501 g/mol. The van der Waals surface area contributed by atoms with Crippen LogP contribution < -0.4 is 22.3 Å². The van der Waals surface area contributed by atoms with Crippen molar-refractivity contribution in [2.75, 3.05) is 0 Å². The van der Waals surface area contributed by atoms with Gasteiger partial charge in [0.1, 0.15) is 5.60 Å². The molecule has 5 rings (SSSR count). The number of hydrogen-bond acceptors (Lipinski definition) is 6. The summed E-state index contributed by atoms with van der Waals surface area (Å²) in [7, 11) is 0. The number of amides is 4. The maximum atomic E-state index is 11.4. The van der Waals surface area contributed by atoms with Crippen LogP contribution in [0.25, 0.3) is 0 Å². The Balaban J connectivity index is 1.47. The first-order chi connectivity index (χ1) is 16.8. The fraction of sp³-hybridized carbons (Fsp3) is 0.769. The fourth-order valence-electron chi connectivity index (χ4n) is 8.78. The molecule has 0 aromatic heterocycles. The molecule has 3 saturated carbocycles. The summed E-state index contributed by atoms with van der Waals surface area (Å²) in [5.41, 5.74) is 17.6. The van der Waals surface area contributed by atoms with E-state index in [1.807, 2.05) is 20.8 Å². The highest BCUT2D eigenvalue weighted by molar-refractivity contribution is 5.97. The van der Waals surface area contributed by atoms with Crippen molar-refractivity contribution in [3.05, 3.63) is 11.6 Å². The number of nitrogens with two attached hydrogens (primary N) is 2. The number of nitrogens with one attached hydrogen (secondary N) is 2. The number of ether oxygens (including phenoxy) is 2. The summed E-state index contributed by atoms with van der Waals surface area (Å²) in [6.07, 6.45) is 9.01. The molecule has 7 atom stereocenters. The van der Waals surface area contributed by atoms with E-state index in [1.54, 1.807) is 0 Å². The lowest BCUT2D eigenvalue weighted by Crippen LogP contribution is -2.60. The molecule has 0 aromatic carbocycles. The second-order valence-corrected chi connectivity index (χ2v) is 12.3. The Labute approximate surface area is 212 Å². The van der Waals surface area contributed by atoms with Gasteiger partial charge in [-0.3, -0.25) is 0 Å². The summed E-state index contributed by atoms with van der Waals surface area (Å²) in [6.45, 7) is 10.6. The summed E-state index contributed by atoms with van der Waals surface area (Å²) < 4.78 is 13.3. The van der Waals surface area contributed by atoms with Crippen LogP contribution in [0.2, 0.25) is 0 Å². The molecule has 0 bridgehead atoms. The highest BCUT2D eigenvalue weighted by Gasteiger charge is 2.74. The van der Waals surface area contributed by atoms with Gasteiger partial charge in [-0.1, -0.05) is 19.4 Å². The molecule has 5 unspecified atom stereocenters. The lowest BCUT2D eigenvalue weighted by molar-refractivity contribution is -0.197. The van der Waals surface area contributed by atoms with Gasteiger partial charge in [0.05, 0.1) is 17.5 Å². The fourth-order valence-corrected chi connectivity index (χ4v) is 8.78. The minimum atomic E-state index is -0.731. The summed E-state index contributed by atoms with van der Waals surface area (Å²) in [5, 5.41) is 8.60. The SMILES string of the molecule is C/C(=N\NC(N)=O)[C@@]12OC(C)(C)O[C@@H]1CC1C3CCC4=CC(=NNC(N)=O)CCC4(C)C3CCC12C. The van der Waals surface area contributed by atoms with Crippen molar-refractivity contribution in [3.8, 4) is 0 Å². The van der Waals surface area contributed by atoms with Gasteiger partial charge in [-0.25, -0.2) is 20.4 Å². The number of primary amides is 2. The minimum absolute atomic E-state index is 0.110. The number of allylic oxidation sites excluding steroid dienone is 2. The largest absolute Gasteiger partial charge is 0.350 e. The highest BCUT2D eigenvalue weighted by atomic mass is 16.8. The first-order valence-electron chi connectivity index (χ1n) is 13.1. The maximum Gasteiger partial charge on any atom is 0.332 e. The third-order valence-electron chi connectivity index (χ3n) is 10.2. The van der Waals surface area contributed by atoms with Gasteiger partial charge in [-0.05, 0) is 95.0 Å². The first kappa shape index (κ1) is 25.2. The zero-order valence-corrected chi connectivity index (χ0v) is 22.0. The standard InChI is InChI=1S/C26H40N6O4/c1-14(29-31-21(27)33)26-20(35-23(2,3)36-26)13-19-17-7-6-15-12-16(30-32-22(28)34)8-10-24(15,4)18(17)9-11-25(19,26)5/h12,17-20H,6-11,13H2,1-5H3,(H3,27,31,33)(H3,28,32,34)/b29-14+,30-16?/t17?,18?,19?,20-,24?,25?,26-/m1/s1. The molecule has 1 heterocycles. The van der Waals surface area contributed by atoms with Crippen molar-refractivity contribution in [3.63, 3.8) is 0 Å². The Morgan fingerprint density at radius 3 is 2.44 bits per heavy atom. The molecule has 5 aliphatic rings. The Kier molecular flexibility index (Phi) is 5.79. The van der Waals surface area contributed by atoms with Gasteiger partial charge >= 0.3 is 12.1 Å². The zero-order chi connectivity index (χ0) is 26.1. The van der Waals surface area contributed by atoms with Crippen molar-refractivity contribution >= 4 is 23.5 Å². The van der Waals surface area contributed by atoms with Crippen LogP contribution in [0.5, 0.6) is 0 Å². The number of carbonyl (C=O) groups is 2. The van der Waals surface area contributed by atoms with Crippen LogP contribution in [0.15, 0.2) is 21.9 Å². The molecule has 10 heteroatoms. The molecule has 198 valence electrons. The molecule has 0 spiro atoms. The van der Waals surface area contributed by atoms with Gasteiger partial charge in [0.15, 0.2) is 5.79 Å². The number of rotatable bonds is 3. The predicted octanol–water partition coefficient (Wildman–Crippen LogP) is 3.52. The van der Waals surface area contributed by atoms with Crippen molar-refractivity contribution in [1.82, 2.24) is 10.9 Å². The van der Waals surface area contributed by atoms with E-state index in [0.717, 1.165) is 56.4 Å². The lowest BCUT2D eigenvalue weighted by atomic mass is 9.46. The van der Waals surface area contributed by atoms with E-state index < -0.39 is 23.5 Å². The summed E-state index contributed by atoms with van der Waals surface area (Å²) in [6, 6.07) is -1.32. The van der Waals surface area contributed by atoms with Crippen LogP contribution in [0.1, 0.15) is 79.6 Å². The predicted molar refractivity (Wildman–Crippen MR) is 136 cm³/mol. The zero-order valence-electron chi connectivity index (χ0n) is 22.0. The smallest absolute Gasteiger partial charge is 0.332 e. The molecule has 0 radical (unpaired) electrons. The number of hydrazone groups is 2. The van der Waals surface area contributed by atoms with E-state index in [0.29, 0.717) is 17.8 Å². The first-order valence-corrected chi connectivity index (χ1v) is 13.1. The Morgan fingerprint density at radius 2 is 1.75 bits per heavy atom. The highest BCUT2D eigenvalue weighted by Crippen LogP contribution is 2.70. The van der Waals surface area contributed by atoms with E-state index in [9.17, 15) is 9.59 Å². The monoisotopic (exact) mass is 500 g/mol. The molecule has 1 saturated heterocycles. The topological polar surface area (TPSA) is 153 Å². The van der Waals surface area contributed by atoms with E-state index in [1.165, 1.54) is 5.57 Å². The molecule has 10 nitrogen and oxygen atoms in total. The summed E-state index contributed by atoms with van der Waals surface area (Å²) >= 11 is 0. The van der Waals surface area contributed by atoms with E-state index in [4.69, 9.17) is 20.9 Å². The minimum Gasteiger partial charge on any atom is -0.350 e. The quantitative estimate of drug-likeness (QED) is 0.346. The van der Waals surface area contributed by atoms with Crippen LogP contribution in [-0.4, -0.2) is 41.0 Å². The lowest BCUT2D eigenvalue weighted by Gasteiger charge is -2.59. The average Bonchev–Trinajstić information content (AvgIpc) is 3.21. The molecule has 4 fully saturated rings. The molecular formula is C26H40N6O4. The van der Waals surface area contributed by atoms with Crippen LogP contribution in [0.4, 0.5) is 9.59 Å². The summed E-state index contributed by atoms with van der Waals surface area (Å²) in [4.78, 5) is 22.6. The van der Waals surface area contributed by atoms with Crippen molar-refractivity contribution in [1.29, 1.82) is 0 Å². The molecule has 36 heavy (non-hydrogen) atoms. The normalized spacial score (nSPS) is 44.1. The molecular weight excluding hydrogens is 460 g/mol. The summed E-state index contributed by atoms with van der Waals surface area (Å²) in [5.74, 6) is 0.792. The molecule has 4 aliphatic carbocycles. The third-order valence-corrected chi connectivity index (χ3v) is 10.2. The van der Waals surface area contributed by atoms with Gasteiger partial charge < -0.3 is 20.9 Å². The molecule has 6 N–H and O–H groups in total. The second kappa shape index (κ2) is 8.28. The Bertz CT molecular complexity index is 1070.